The average molecular weight is 270 g/mol. The van der Waals surface area contributed by atoms with E-state index >= 15 is 0 Å². The lowest BCUT2D eigenvalue weighted by molar-refractivity contribution is 0.475. The van der Waals surface area contributed by atoms with Crippen LogP contribution in [0.25, 0.3) is 16.6 Å². The first-order valence-corrected chi connectivity index (χ1v) is 5.84. The van der Waals surface area contributed by atoms with Gasteiger partial charge < -0.3 is 15.2 Å². The molecule has 0 radical (unpaired) electrons. The highest BCUT2D eigenvalue weighted by Gasteiger charge is 2.11. The number of fused-ring (bicyclic) bond motifs is 1. The third kappa shape index (κ3) is 1.74. The molecule has 0 amide bonds. The molecule has 0 aliphatic heterocycles. The standard InChI is InChI=1S/C14H10N2O4/c17-9-6-4-8(5-7-9)16-13(19)10-2-1-3-11(18)12(10)15-14(16)20/h1-7,17-18H,(H,15,20). The summed E-state index contributed by atoms with van der Waals surface area (Å²) in [6.07, 6.45) is 0. The number of para-hydroxylation sites is 1. The number of phenolic OH excluding ortho intramolecular Hbond substituents is 2. The van der Waals surface area contributed by atoms with E-state index < -0.39 is 11.2 Å². The number of rotatable bonds is 1. The van der Waals surface area contributed by atoms with Crippen LogP contribution in [0.1, 0.15) is 0 Å². The topological polar surface area (TPSA) is 95.3 Å². The van der Waals surface area contributed by atoms with Gasteiger partial charge in [0.1, 0.15) is 11.5 Å². The van der Waals surface area contributed by atoms with Gasteiger partial charge in [0.25, 0.3) is 5.56 Å². The van der Waals surface area contributed by atoms with Crippen LogP contribution < -0.4 is 11.2 Å². The molecule has 0 aliphatic carbocycles. The van der Waals surface area contributed by atoms with E-state index in [9.17, 15) is 19.8 Å². The minimum absolute atomic E-state index is 0.0386. The highest BCUT2D eigenvalue weighted by molar-refractivity contribution is 5.83. The van der Waals surface area contributed by atoms with Crippen molar-refractivity contribution in [1.82, 2.24) is 9.55 Å². The summed E-state index contributed by atoms with van der Waals surface area (Å²) >= 11 is 0. The van der Waals surface area contributed by atoms with Crippen molar-refractivity contribution in [1.29, 1.82) is 0 Å². The summed E-state index contributed by atoms with van der Waals surface area (Å²) < 4.78 is 0.946. The Kier molecular flexibility index (Phi) is 2.57. The highest BCUT2D eigenvalue weighted by atomic mass is 16.3. The summed E-state index contributed by atoms with van der Waals surface area (Å²) in [7, 11) is 0. The van der Waals surface area contributed by atoms with Gasteiger partial charge in [0, 0.05) is 0 Å². The van der Waals surface area contributed by atoms with Gasteiger partial charge in [-0.05, 0) is 36.4 Å². The van der Waals surface area contributed by atoms with Crippen molar-refractivity contribution in [3.8, 4) is 17.2 Å². The van der Waals surface area contributed by atoms with Gasteiger partial charge in [-0.25, -0.2) is 9.36 Å². The first-order chi connectivity index (χ1) is 9.58. The molecule has 0 saturated carbocycles. The highest BCUT2D eigenvalue weighted by Crippen LogP contribution is 2.18. The summed E-state index contributed by atoms with van der Waals surface area (Å²) in [5, 5.41) is 19.1. The number of aromatic amines is 1. The molecule has 3 aromatic rings. The van der Waals surface area contributed by atoms with Gasteiger partial charge in [-0.3, -0.25) is 4.79 Å². The number of benzene rings is 2. The maximum Gasteiger partial charge on any atom is 0.333 e. The fourth-order valence-corrected chi connectivity index (χ4v) is 2.06. The van der Waals surface area contributed by atoms with Crippen LogP contribution >= 0.6 is 0 Å². The number of hydrogen-bond acceptors (Lipinski definition) is 4. The SMILES string of the molecule is O=c1[nH]c2c(O)cccc2c(=O)n1-c1ccc(O)cc1. The lowest BCUT2D eigenvalue weighted by Gasteiger charge is -2.07. The predicted molar refractivity (Wildman–Crippen MR) is 73.5 cm³/mol. The summed E-state index contributed by atoms with van der Waals surface area (Å²) in [6, 6.07) is 10.1. The number of phenols is 2. The minimum atomic E-state index is -0.658. The number of hydrogen-bond donors (Lipinski definition) is 3. The Morgan fingerprint density at radius 2 is 1.65 bits per heavy atom. The van der Waals surface area contributed by atoms with Gasteiger partial charge in [0.05, 0.1) is 16.6 Å². The summed E-state index contributed by atoms with van der Waals surface area (Å²) in [4.78, 5) is 26.9. The normalized spacial score (nSPS) is 10.8. The fourth-order valence-electron chi connectivity index (χ4n) is 2.06. The van der Waals surface area contributed by atoms with Crippen LogP contribution in [0.4, 0.5) is 0 Å². The lowest BCUT2D eigenvalue weighted by atomic mass is 10.2. The van der Waals surface area contributed by atoms with Crippen molar-refractivity contribution >= 4 is 10.9 Å². The van der Waals surface area contributed by atoms with Crippen molar-refractivity contribution in [2.24, 2.45) is 0 Å². The van der Waals surface area contributed by atoms with E-state index in [-0.39, 0.29) is 22.4 Å². The molecule has 2 aromatic carbocycles. The van der Waals surface area contributed by atoms with Crippen molar-refractivity contribution in [3.63, 3.8) is 0 Å². The first kappa shape index (κ1) is 12.0. The summed E-state index contributed by atoms with van der Waals surface area (Å²) in [5.74, 6) is -0.119. The molecule has 1 heterocycles. The van der Waals surface area contributed by atoms with Gasteiger partial charge in [0.2, 0.25) is 0 Å². The van der Waals surface area contributed by atoms with Crippen LogP contribution in [0.15, 0.2) is 52.1 Å². The van der Waals surface area contributed by atoms with Crippen LogP contribution in [0.3, 0.4) is 0 Å². The van der Waals surface area contributed by atoms with E-state index in [1.807, 2.05) is 0 Å². The Bertz CT molecular complexity index is 907. The molecule has 0 fully saturated rings. The molecule has 20 heavy (non-hydrogen) atoms. The lowest BCUT2D eigenvalue weighted by Crippen LogP contribution is -2.33. The third-order valence-corrected chi connectivity index (χ3v) is 3.02. The maximum absolute atomic E-state index is 12.4. The monoisotopic (exact) mass is 270 g/mol. The average Bonchev–Trinajstić information content (AvgIpc) is 2.42. The largest absolute Gasteiger partial charge is 0.508 e. The van der Waals surface area contributed by atoms with E-state index in [1.165, 1.54) is 42.5 Å². The minimum Gasteiger partial charge on any atom is -0.508 e. The van der Waals surface area contributed by atoms with Gasteiger partial charge in [-0.2, -0.15) is 0 Å². The molecule has 6 nitrogen and oxygen atoms in total. The maximum atomic E-state index is 12.4. The molecular weight excluding hydrogens is 260 g/mol. The van der Waals surface area contributed by atoms with Gasteiger partial charge in [0.15, 0.2) is 0 Å². The van der Waals surface area contributed by atoms with Gasteiger partial charge in [-0.15, -0.1) is 0 Å². The van der Waals surface area contributed by atoms with Crippen LogP contribution in [-0.4, -0.2) is 19.8 Å². The number of nitrogens with zero attached hydrogens (tertiary/aromatic N) is 1. The number of aromatic nitrogens is 2. The molecule has 100 valence electrons. The van der Waals surface area contributed by atoms with Crippen molar-refractivity contribution in [2.45, 2.75) is 0 Å². The molecule has 0 unspecified atom stereocenters. The van der Waals surface area contributed by atoms with Crippen LogP contribution in [0.2, 0.25) is 0 Å². The van der Waals surface area contributed by atoms with Crippen LogP contribution in [0, 0.1) is 0 Å². The summed E-state index contributed by atoms with van der Waals surface area (Å²) in [6.45, 7) is 0. The molecule has 6 heteroatoms. The first-order valence-electron chi connectivity index (χ1n) is 5.84. The Hall–Kier alpha value is -3.02. The summed E-state index contributed by atoms with van der Waals surface area (Å²) in [5.41, 5.74) is -0.753. The van der Waals surface area contributed by atoms with Crippen LogP contribution in [0.5, 0.6) is 11.5 Å². The molecule has 0 bridgehead atoms. The Morgan fingerprint density at radius 1 is 0.950 bits per heavy atom. The second-order valence-electron chi connectivity index (χ2n) is 4.29. The molecule has 0 atom stereocenters. The number of H-pyrrole nitrogens is 1. The molecule has 0 aliphatic rings. The number of aromatic hydroxyl groups is 2. The molecule has 0 spiro atoms. The Balaban J connectivity index is 2.41. The molecule has 0 saturated heterocycles. The Morgan fingerprint density at radius 3 is 2.35 bits per heavy atom. The van der Waals surface area contributed by atoms with Crippen LogP contribution in [-0.2, 0) is 0 Å². The van der Waals surface area contributed by atoms with E-state index in [0.717, 1.165) is 4.57 Å². The predicted octanol–water partition coefficient (Wildman–Crippen LogP) is 1.09. The zero-order chi connectivity index (χ0) is 14.3. The second-order valence-corrected chi connectivity index (χ2v) is 4.29. The third-order valence-electron chi connectivity index (χ3n) is 3.02. The quantitative estimate of drug-likeness (QED) is 0.616. The fraction of sp³-hybridized carbons (Fsp3) is 0. The zero-order valence-electron chi connectivity index (χ0n) is 10.2. The number of nitrogens with one attached hydrogen (secondary N) is 1. The second kappa shape index (κ2) is 4.27. The van der Waals surface area contributed by atoms with Gasteiger partial charge >= 0.3 is 5.69 Å². The van der Waals surface area contributed by atoms with Crippen molar-refractivity contribution < 1.29 is 10.2 Å². The smallest absolute Gasteiger partial charge is 0.333 e. The van der Waals surface area contributed by atoms with Gasteiger partial charge in [-0.1, -0.05) is 6.07 Å². The zero-order valence-corrected chi connectivity index (χ0v) is 10.2. The van der Waals surface area contributed by atoms with E-state index in [1.54, 1.807) is 0 Å². The van der Waals surface area contributed by atoms with Crippen molar-refractivity contribution in [3.05, 3.63) is 63.3 Å². The molecular formula is C14H10N2O4. The van der Waals surface area contributed by atoms with E-state index in [0.29, 0.717) is 5.69 Å². The van der Waals surface area contributed by atoms with Crippen molar-refractivity contribution in [2.75, 3.05) is 0 Å². The molecule has 3 N–H and O–H groups in total. The van der Waals surface area contributed by atoms with E-state index in [2.05, 4.69) is 4.98 Å². The molecule has 1 aromatic heterocycles. The molecule has 3 rings (SSSR count). The van der Waals surface area contributed by atoms with E-state index in [4.69, 9.17) is 0 Å². The Labute approximate surface area is 112 Å².